The molecule has 0 spiro atoms. The molecule has 5 nitrogen and oxygen atoms in total. The third-order valence-corrected chi connectivity index (χ3v) is 6.36. The minimum absolute atomic E-state index is 0.0473. The molecule has 1 amide bonds. The van der Waals surface area contributed by atoms with Gasteiger partial charge in [0.15, 0.2) is 0 Å². The molecule has 1 N–H and O–H groups in total. The lowest BCUT2D eigenvalue weighted by atomic mass is 10.0. The number of carbonyl (C=O) groups is 1. The van der Waals surface area contributed by atoms with E-state index in [1.807, 2.05) is 59.5 Å². The standard InChI is InChI=1S/C28H30N2O3/c31-28-25-12-4-5-13-26(25)29-27(30(28)20-24-11-7-19-33-24)22-14-16-23(17-15-22)32-18-6-10-21-8-2-1-3-9-21/h1-5,8-9,12-17,24,27,29H,6-7,10-11,18-20H2. The summed E-state index contributed by atoms with van der Waals surface area (Å²) in [5.41, 5.74) is 3.95. The minimum atomic E-state index is -0.233. The third-order valence-electron chi connectivity index (χ3n) is 6.36. The molecule has 33 heavy (non-hydrogen) atoms. The molecule has 2 aliphatic heterocycles. The first-order chi connectivity index (χ1) is 16.3. The van der Waals surface area contributed by atoms with Crippen molar-refractivity contribution in [2.75, 3.05) is 25.1 Å². The third kappa shape index (κ3) is 5.04. The summed E-state index contributed by atoms with van der Waals surface area (Å²) in [6.07, 6.45) is 3.88. The van der Waals surface area contributed by atoms with Gasteiger partial charge >= 0.3 is 0 Å². The van der Waals surface area contributed by atoms with Crippen LogP contribution in [0.5, 0.6) is 5.75 Å². The summed E-state index contributed by atoms with van der Waals surface area (Å²) < 4.78 is 11.8. The van der Waals surface area contributed by atoms with E-state index < -0.39 is 0 Å². The van der Waals surface area contributed by atoms with Gasteiger partial charge in [-0.3, -0.25) is 4.79 Å². The first-order valence-electron chi connectivity index (χ1n) is 11.8. The summed E-state index contributed by atoms with van der Waals surface area (Å²) >= 11 is 0. The Morgan fingerprint density at radius 3 is 2.55 bits per heavy atom. The summed E-state index contributed by atoms with van der Waals surface area (Å²) in [6, 6.07) is 26.3. The van der Waals surface area contributed by atoms with Gasteiger partial charge in [-0.2, -0.15) is 0 Å². The Hall–Kier alpha value is -3.31. The van der Waals surface area contributed by atoms with E-state index >= 15 is 0 Å². The summed E-state index contributed by atoms with van der Waals surface area (Å²) in [7, 11) is 0. The van der Waals surface area contributed by atoms with Crippen LogP contribution in [0.3, 0.4) is 0 Å². The van der Waals surface area contributed by atoms with Crippen LogP contribution >= 0.6 is 0 Å². The molecule has 0 bridgehead atoms. The Morgan fingerprint density at radius 2 is 1.76 bits per heavy atom. The number of fused-ring (bicyclic) bond motifs is 1. The number of nitrogens with one attached hydrogen (secondary N) is 1. The largest absolute Gasteiger partial charge is 0.494 e. The zero-order valence-corrected chi connectivity index (χ0v) is 18.8. The maximum absolute atomic E-state index is 13.4. The number of rotatable bonds is 8. The van der Waals surface area contributed by atoms with Gasteiger partial charge in [-0.25, -0.2) is 0 Å². The molecule has 170 valence electrons. The van der Waals surface area contributed by atoms with Crippen molar-refractivity contribution in [3.05, 3.63) is 95.6 Å². The van der Waals surface area contributed by atoms with Crippen molar-refractivity contribution < 1.29 is 14.3 Å². The molecule has 0 aliphatic carbocycles. The molecule has 2 atom stereocenters. The molecular formula is C28H30N2O3. The van der Waals surface area contributed by atoms with E-state index in [0.717, 1.165) is 49.3 Å². The van der Waals surface area contributed by atoms with E-state index in [4.69, 9.17) is 9.47 Å². The number of hydrogen-bond donors (Lipinski definition) is 1. The van der Waals surface area contributed by atoms with Gasteiger partial charge in [-0.15, -0.1) is 0 Å². The van der Waals surface area contributed by atoms with Crippen LogP contribution in [0.2, 0.25) is 0 Å². The van der Waals surface area contributed by atoms with Crippen molar-refractivity contribution in [2.45, 2.75) is 38.0 Å². The minimum Gasteiger partial charge on any atom is -0.494 e. The quantitative estimate of drug-likeness (QED) is 0.472. The molecular weight excluding hydrogens is 412 g/mol. The number of ether oxygens (including phenoxy) is 2. The Labute approximate surface area is 195 Å². The number of anilines is 1. The molecule has 3 aromatic rings. The highest BCUT2D eigenvalue weighted by atomic mass is 16.5. The number of hydrogen-bond acceptors (Lipinski definition) is 4. The predicted molar refractivity (Wildman–Crippen MR) is 130 cm³/mol. The van der Waals surface area contributed by atoms with Gasteiger partial charge in [-0.1, -0.05) is 54.6 Å². The lowest BCUT2D eigenvalue weighted by Crippen LogP contribution is -2.46. The van der Waals surface area contributed by atoms with Crippen LogP contribution in [0.4, 0.5) is 5.69 Å². The van der Waals surface area contributed by atoms with Gasteiger partial charge in [0.2, 0.25) is 0 Å². The van der Waals surface area contributed by atoms with Crippen LogP contribution in [-0.2, 0) is 11.2 Å². The number of benzene rings is 3. The van der Waals surface area contributed by atoms with Crippen LogP contribution in [0.15, 0.2) is 78.9 Å². The Bertz CT molecular complexity index is 1060. The fourth-order valence-corrected chi connectivity index (χ4v) is 4.61. The van der Waals surface area contributed by atoms with Crippen LogP contribution < -0.4 is 10.1 Å². The van der Waals surface area contributed by atoms with Crippen LogP contribution in [0.1, 0.15) is 46.9 Å². The molecule has 3 aromatic carbocycles. The van der Waals surface area contributed by atoms with Crippen molar-refractivity contribution in [1.82, 2.24) is 4.90 Å². The SMILES string of the molecule is O=C1c2ccccc2NC(c2ccc(OCCCc3ccccc3)cc2)N1CC1CCCO1. The normalized spacial score (nSPS) is 19.8. The lowest BCUT2D eigenvalue weighted by molar-refractivity contribution is 0.0427. The van der Waals surface area contributed by atoms with E-state index in [0.29, 0.717) is 18.7 Å². The molecule has 2 aliphatic rings. The second-order valence-corrected chi connectivity index (χ2v) is 8.69. The molecule has 2 unspecified atom stereocenters. The lowest BCUT2D eigenvalue weighted by Gasteiger charge is -2.39. The maximum atomic E-state index is 13.4. The second-order valence-electron chi connectivity index (χ2n) is 8.69. The molecule has 1 fully saturated rings. The summed E-state index contributed by atoms with van der Waals surface area (Å²) in [6.45, 7) is 2.03. The average Bonchev–Trinajstić information content (AvgIpc) is 3.38. The van der Waals surface area contributed by atoms with E-state index in [-0.39, 0.29) is 18.2 Å². The Kier molecular flexibility index (Phi) is 6.58. The van der Waals surface area contributed by atoms with Crippen LogP contribution in [0, 0.1) is 0 Å². The highest BCUT2D eigenvalue weighted by molar-refractivity contribution is 6.01. The zero-order valence-electron chi connectivity index (χ0n) is 18.8. The van der Waals surface area contributed by atoms with Gasteiger partial charge in [0.25, 0.3) is 5.91 Å². The Morgan fingerprint density at radius 1 is 0.970 bits per heavy atom. The molecule has 5 heteroatoms. The van der Waals surface area contributed by atoms with Gasteiger partial charge in [0.05, 0.1) is 18.3 Å². The number of para-hydroxylation sites is 1. The van der Waals surface area contributed by atoms with Crippen molar-refractivity contribution in [3.8, 4) is 5.75 Å². The summed E-state index contributed by atoms with van der Waals surface area (Å²) in [5.74, 6) is 0.895. The summed E-state index contributed by atoms with van der Waals surface area (Å²) in [5, 5.41) is 3.57. The first-order valence-corrected chi connectivity index (χ1v) is 11.8. The van der Waals surface area contributed by atoms with E-state index in [1.54, 1.807) is 0 Å². The van der Waals surface area contributed by atoms with E-state index in [1.165, 1.54) is 5.56 Å². The topological polar surface area (TPSA) is 50.8 Å². The summed E-state index contributed by atoms with van der Waals surface area (Å²) in [4.78, 5) is 15.3. The van der Waals surface area contributed by atoms with Crippen molar-refractivity contribution >= 4 is 11.6 Å². The zero-order chi connectivity index (χ0) is 22.5. The predicted octanol–water partition coefficient (Wildman–Crippen LogP) is 5.44. The highest BCUT2D eigenvalue weighted by Gasteiger charge is 2.35. The molecule has 0 saturated carbocycles. The number of amides is 1. The molecule has 1 saturated heterocycles. The number of nitrogens with zero attached hydrogens (tertiary/aromatic N) is 1. The van der Waals surface area contributed by atoms with Gasteiger partial charge in [0.1, 0.15) is 11.9 Å². The van der Waals surface area contributed by atoms with Gasteiger partial charge < -0.3 is 19.7 Å². The smallest absolute Gasteiger partial charge is 0.257 e. The molecule has 2 heterocycles. The van der Waals surface area contributed by atoms with Gasteiger partial charge in [-0.05, 0) is 61.1 Å². The van der Waals surface area contributed by atoms with E-state index in [9.17, 15) is 4.79 Å². The van der Waals surface area contributed by atoms with E-state index in [2.05, 4.69) is 29.6 Å². The van der Waals surface area contributed by atoms with Crippen molar-refractivity contribution in [2.24, 2.45) is 0 Å². The first kappa shape index (κ1) is 21.5. The fourth-order valence-electron chi connectivity index (χ4n) is 4.61. The highest BCUT2D eigenvalue weighted by Crippen LogP contribution is 2.34. The van der Waals surface area contributed by atoms with Crippen molar-refractivity contribution in [3.63, 3.8) is 0 Å². The number of aryl methyl sites for hydroxylation is 1. The second kappa shape index (κ2) is 10.1. The maximum Gasteiger partial charge on any atom is 0.257 e. The fraction of sp³-hybridized carbons (Fsp3) is 0.321. The number of carbonyl (C=O) groups excluding carboxylic acids is 1. The Balaban J connectivity index is 1.26. The average molecular weight is 443 g/mol. The molecule has 0 aromatic heterocycles. The van der Waals surface area contributed by atoms with Crippen LogP contribution in [-0.4, -0.2) is 36.7 Å². The van der Waals surface area contributed by atoms with Crippen molar-refractivity contribution in [1.29, 1.82) is 0 Å². The van der Waals surface area contributed by atoms with Gasteiger partial charge in [0, 0.05) is 18.8 Å². The monoisotopic (exact) mass is 442 g/mol. The molecule has 0 radical (unpaired) electrons. The molecule has 5 rings (SSSR count). The van der Waals surface area contributed by atoms with Crippen LogP contribution in [0.25, 0.3) is 0 Å².